The van der Waals surface area contributed by atoms with Gasteiger partial charge in [-0.2, -0.15) is 0 Å². The molecule has 3 aromatic heterocycles. The molecule has 0 amide bonds. The molecule has 1 aliphatic heterocycles. The van der Waals surface area contributed by atoms with Gasteiger partial charge in [0.2, 0.25) is 10.0 Å². The van der Waals surface area contributed by atoms with E-state index in [0.717, 1.165) is 33.9 Å². The van der Waals surface area contributed by atoms with Crippen molar-refractivity contribution >= 4 is 31.8 Å². The Bertz CT molecular complexity index is 980. The molecule has 1 saturated heterocycles. The van der Waals surface area contributed by atoms with Crippen LogP contribution in [0.3, 0.4) is 0 Å². The Morgan fingerprint density at radius 1 is 1.35 bits per heavy atom. The molecule has 0 bridgehead atoms. The van der Waals surface area contributed by atoms with Gasteiger partial charge in [0.1, 0.15) is 5.65 Å². The number of aromatic nitrogens is 3. The summed E-state index contributed by atoms with van der Waals surface area (Å²) in [6.45, 7) is 2.77. The second-order valence-electron chi connectivity index (χ2n) is 5.90. The van der Waals surface area contributed by atoms with Crippen LogP contribution >= 0.6 is 0 Å². The molecule has 0 aliphatic carbocycles. The highest BCUT2D eigenvalue weighted by molar-refractivity contribution is 7.89. The summed E-state index contributed by atoms with van der Waals surface area (Å²) < 4.78 is 25.8. The van der Waals surface area contributed by atoms with Crippen molar-refractivity contribution in [3.63, 3.8) is 0 Å². The van der Waals surface area contributed by atoms with Crippen molar-refractivity contribution in [1.29, 1.82) is 0 Å². The van der Waals surface area contributed by atoms with Crippen LogP contribution in [0.25, 0.3) is 21.8 Å². The fraction of sp³-hybridized carbons (Fsp3) is 0.375. The summed E-state index contributed by atoms with van der Waals surface area (Å²) >= 11 is 0. The molecule has 6 nitrogen and oxygen atoms in total. The fourth-order valence-corrected chi connectivity index (χ4v) is 4.55. The van der Waals surface area contributed by atoms with Gasteiger partial charge in [-0.25, -0.2) is 17.7 Å². The van der Waals surface area contributed by atoms with Gasteiger partial charge in [-0.15, -0.1) is 0 Å². The second-order valence-corrected chi connectivity index (χ2v) is 8.16. The summed E-state index contributed by atoms with van der Waals surface area (Å²) in [5.74, 6) is 0.273. The third-order valence-electron chi connectivity index (χ3n) is 4.64. The molecule has 1 fully saturated rings. The lowest BCUT2D eigenvalue weighted by molar-refractivity contribution is 0.473. The van der Waals surface area contributed by atoms with E-state index in [-0.39, 0.29) is 11.7 Å². The lowest BCUT2D eigenvalue weighted by Gasteiger charge is -2.16. The van der Waals surface area contributed by atoms with Gasteiger partial charge in [0.25, 0.3) is 0 Å². The molecule has 0 aromatic carbocycles. The maximum Gasteiger partial charge on any atom is 0.213 e. The van der Waals surface area contributed by atoms with Gasteiger partial charge in [0, 0.05) is 53.8 Å². The van der Waals surface area contributed by atoms with Crippen molar-refractivity contribution < 1.29 is 8.42 Å². The Morgan fingerprint density at radius 2 is 2.22 bits per heavy atom. The SMILES string of the molecule is CCS(=O)(=O)N1CCC(c2nccc3cnc4[nH]ccc4c23)C1. The Balaban J connectivity index is 1.82. The summed E-state index contributed by atoms with van der Waals surface area (Å²) in [7, 11) is -3.14. The Morgan fingerprint density at radius 3 is 3.04 bits per heavy atom. The molecule has 4 heterocycles. The van der Waals surface area contributed by atoms with Gasteiger partial charge >= 0.3 is 0 Å². The van der Waals surface area contributed by atoms with Gasteiger partial charge in [-0.3, -0.25) is 4.98 Å². The van der Waals surface area contributed by atoms with Gasteiger partial charge in [-0.05, 0) is 25.5 Å². The van der Waals surface area contributed by atoms with E-state index >= 15 is 0 Å². The molecule has 0 radical (unpaired) electrons. The topological polar surface area (TPSA) is 79.0 Å². The summed E-state index contributed by atoms with van der Waals surface area (Å²) in [5, 5.41) is 3.17. The minimum atomic E-state index is -3.14. The molecule has 0 spiro atoms. The summed E-state index contributed by atoms with van der Waals surface area (Å²) in [6, 6.07) is 3.96. The predicted molar refractivity (Wildman–Crippen MR) is 89.8 cm³/mol. The minimum absolute atomic E-state index is 0.125. The van der Waals surface area contributed by atoms with E-state index in [2.05, 4.69) is 15.0 Å². The van der Waals surface area contributed by atoms with Crippen molar-refractivity contribution in [2.75, 3.05) is 18.8 Å². The van der Waals surface area contributed by atoms with E-state index < -0.39 is 10.0 Å². The van der Waals surface area contributed by atoms with Crippen molar-refractivity contribution in [2.45, 2.75) is 19.3 Å². The Hall–Kier alpha value is -1.99. The summed E-state index contributed by atoms with van der Waals surface area (Å²) in [5.41, 5.74) is 1.81. The van der Waals surface area contributed by atoms with Crippen molar-refractivity contribution in [1.82, 2.24) is 19.3 Å². The number of nitrogens with one attached hydrogen (secondary N) is 1. The largest absolute Gasteiger partial charge is 0.346 e. The van der Waals surface area contributed by atoms with E-state index in [0.29, 0.717) is 13.1 Å². The molecule has 1 aliphatic rings. The number of H-pyrrole nitrogens is 1. The molecule has 1 N–H and O–H groups in total. The maximum absolute atomic E-state index is 12.1. The number of hydrogen-bond acceptors (Lipinski definition) is 4. The number of rotatable bonds is 3. The van der Waals surface area contributed by atoms with Crippen LogP contribution in [-0.4, -0.2) is 46.5 Å². The number of fused-ring (bicyclic) bond motifs is 3. The molecule has 1 unspecified atom stereocenters. The summed E-state index contributed by atoms with van der Waals surface area (Å²) in [6.07, 6.45) is 6.31. The Kier molecular flexibility index (Phi) is 3.35. The maximum atomic E-state index is 12.1. The third kappa shape index (κ3) is 2.31. The lowest BCUT2D eigenvalue weighted by Crippen LogP contribution is -2.30. The number of aromatic amines is 1. The van der Waals surface area contributed by atoms with Gasteiger partial charge in [0.15, 0.2) is 0 Å². The molecule has 3 aromatic rings. The van der Waals surface area contributed by atoms with Gasteiger partial charge in [-0.1, -0.05) is 0 Å². The Labute approximate surface area is 134 Å². The molecule has 120 valence electrons. The zero-order valence-corrected chi connectivity index (χ0v) is 13.7. The standard InChI is InChI=1S/C16H18N4O2S/c1-2-23(21,22)20-8-5-12(10-20)15-14-11(3-6-17-15)9-19-16-13(14)4-7-18-16/h3-4,6-7,9,12H,2,5,8,10H2,1H3,(H,18,19). The van der Waals surface area contributed by atoms with Crippen LogP contribution in [0.2, 0.25) is 0 Å². The minimum Gasteiger partial charge on any atom is -0.346 e. The monoisotopic (exact) mass is 330 g/mol. The third-order valence-corrected chi connectivity index (χ3v) is 6.48. The van der Waals surface area contributed by atoms with Gasteiger partial charge in [0.05, 0.1) is 11.4 Å². The number of nitrogens with zero attached hydrogens (tertiary/aromatic N) is 3. The van der Waals surface area contributed by atoms with Crippen LogP contribution in [0, 0.1) is 0 Å². The van der Waals surface area contributed by atoms with Gasteiger partial charge < -0.3 is 4.98 Å². The van der Waals surface area contributed by atoms with E-state index in [9.17, 15) is 8.42 Å². The number of pyridine rings is 2. The lowest BCUT2D eigenvalue weighted by atomic mass is 9.97. The van der Waals surface area contributed by atoms with E-state index in [1.54, 1.807) is 17.4 Å². The highest BCUT2D eigenvalue weighted by Gasteiger charge is 2.32. The number of sulfonamides is 1. The molecule has 7 heteroatoms. The fourth-order valence-electron chi connectivity index (χ4n) is 3.39. The quantitative estimate of drug-likeness (QED) is 0.799. The van der Waals surface area contributed by atoms with Crippen LogP contribution in [0.5, 0.6) is 0 Å². The van der Waals surface area contributed by atoms with Crippen LogP contribution in [0.15, 0.2) is 30.7 Å². The van der Waals surface area contributed by atoms with Crippen molar-refractivity contribution in [3.8, 4) is 0 Å². The first-order valence-electron chi connectivity index (χ1n) is 7.78. The number of hydrogen-bond donors (Lipinski definition) is 1. The molecule has 23 heavy (non-hydrogen) atoms. The molecule has 0 saturated carbocycles. The smallest absolute Gasteiger partial charge is 0.213 e. The average Bonchev–Trinajstić information content (AvgIpc) is 3.23. The molecular weight excluding hydrogens is 312 g/mol. The van der Waals surface area contributed by atoms with Crippen molar-refractivity contribution in [2.24, 2.45) is 0 Å². The van der Waals surface area contributed by atoms with Crippen LogP contribution in [0.1, 0.15) is 25.0 Å². The second kappa shape index (κ2) is 5.28. The van der Waals surface area contributed by atoms with E-state index in [1.807, 2.05) is 24.5 Å². The van der Waals surface area contributed by atoms with Crippen LogP contribution in [-0.2, 0) is 10.0 Å². The van der Waals surface area contributed by atoms with Crippen molar-refractivity contribution in [3.05, 3.63) is 36.4 Å². The highest BCUT2D eigenvalue weighted by Crippen LogP contribution is 2.34. The first kappa shape index (κ1) is 14.6. The normalized spacial score (nSPS) is 19.8. The molecule has 4 rings (SSSR count). The summed E-state index contributed by atoms with van der Waals surface area (Å²) in [4.78, 5) is 12.1. The van der Waals surface area contributed by atoms with Crippen LogP contribution < -0.4 is 0 Å². The first-order chi connectivity index (χ1) is 11.1. The predicted octanol–water partition coefficient (Wildman–Crippen LogP) is 2.25. The average molecular weight is 330 g/mol. The molecular formula is C16H18N4O2S. The van der Waals surface area contributed by atoms with E-state index in [1.165, 1.54) is 0 Å². The zero-order valence-electron chi connectivity index (χ0n) is 12.9. The van der Waals surface area contributed by atoms with Crippen LogP contribution in [0.4, 0.5) is 0 Å². The first-order valence-corrected chi connectivity index (χ1v) is 9.39. The molecule has 1 atom stereocenters. The highest BCUT2D eigenvalue weighted by atomic mass is 32.2. The zero-order chi connectivity index (χ0) is 16.0. The van der Waals surface area contributed by atoms with E-state index in [4.69, 9.17) is 0 Å².